The van der Waals surface area contributed by atoms with Crippen LogP contribution in [0.1, 0.15) is 279 Å². The van der Waals surface area contributed by atoms with Crippen LogP contribution in [-0.4, -0.2) is 37.2 Å². The zero-order valence-corrected chi connectivity index (χ0v) is 39.0. The van der Waals surface area contributed by atoms with Crippen LogP contribution in [0.5, 0.6) is 0 Å². The standard InChI is InChI=1S/C51H98O6/c1-6-8-9-29-36-41-49(52)55-44-48(45-56-50(53)42-37-32-27-24-20-21-25-30-34-39-46(3)4)57-51(54)43-38-33-28-23-19-17-15-13-11-10-12-14-16-18-22-26-31-35-40-47(5)7-2/h46-48H,6-45H2,1-5H3/t47?,48-/m0/s1. The first-order valence-corrected chi connectivity index (χ1v) is 25.3. The maximum absolute atomic E-state index is 12.7. The molecule has 0 heterocycles. The van der Waals surface area contributed by atoms with Gasteiger partial charge in [-0.2, -0.15) is 0 Å². The normalized spacial score (nSPS) is 12.5. The number of rotatable bonds is 45. The summed E-state index contributed by atoms with van der Waals surface area (Å²) in [4.78, 5) is 37.6. The van der Waals surface area contributed by atoms with Gasteiger partial charge in [0.2, 0.25) is 0 Å². The molecule has 0 N–H and O–H groups in total. The number of hydrogen-bond acceptors (Lipinski definition) is 6. The predicted octanol–water partition coefficient (Wildman–Crippen LogP) is 16.1. The van der Waals surface area contributed by atoms with Gasteiger partial charge in [-0.15, -0.1) is 0 Å². The van der Waals surface area contributed by atoms with E-state index >= 15 is 0 Å². The van der Waals surface area contributed by atoms with E-state index in [9.17, 15) is 14.4 Å². The molecule has 0 bridgehead atoms. The summed E-state index contributed by atoms with van der Waals surface area (Å²) in [5.74, 6) is 0.852. The molecule has 0 radical (unpaired) electrons. The Hall–Kier alpha value is -1.59. The van der Waals surface area contributed by atoms with Gasteiger partial charge in [-0.3, -0.25) is 14.4 Å². The summed E-state index contributed by atoms with van der Waals surface area (Å²) in [6.07, 6.45) is 44.1. The van der Waals surface area contributed by atoms with Crippen LogP contribution in [0.4, 0.5) is 0 Å². The van der Waals surface area contributed by atoms with Gasteiger partial charge in [-0.1, -0.05) is 240 Å². The average Bonchev–Trinajstić information content (AvgIpc) is 3.19. The molecule has 0 aromatic carbocycles. The fourth-order valence-electron chi connectivity index (χ4n) is 7.60. The topological polar surface area (TPSA) is 78.9 Å². The summed E-state index contributed by atoms with van der Waals surface area (Å²) in [6, 6.07) is 0. The van der Waals surface area contributed by atoms with Crippen LogP contribution in [-0.2, 0) is 28.6 Å². The molecule has 0 aliphatic rings. The smallest absolute Gasteiger partial charge is 0.306 e. The quantitative estimate of drug-likeness (QED) is 0.0346. The number of hydrogen-bond donors (Lipinski definition) is 0. The number of carbonyl (C=O) groups excluding carboxylic acids is 3. The summed E-state index contributed by atoms with van der Waals surface area (Å²) in [7, 11) is 0. The zero-order chi connectivity index (χ0) is 41.9. The van der Waals surface area contributed by atoms with E-state index < -0.39 is 6.10 Å². The molecular weight excluding hydrogens is 709 g/mol. The molecule has 0 aromatic rings. The Morgan fingerprint density at radius 1 is 0.368 bits per heavy atom. The highest BCUT2D eigenvalue weighted by Crippen LogP contribution is 2.18. The van der Waals surface area contributed by atoms with Gasteiger partial charge in [0, 0.05) is 19.3 Å². The molecule has 1 unspecified atom stereocenters. The van der Waals surface area contributed by atoms with Crippen molar-refractivity contribution >= 4 is 17.9 Å². The van der Waals surface area contributed by atoms with E-state index in [1.165, 1.54) is 161 Å². The molecule has 0 amide bonds. The average molecular weight is 807 g/mol. The van der Waals surface area contributed by atoms with Gasteiger partial charge in [-0.05, 0) is 31.1 Å². The number of ether oxygens (including phenoxy) is 3. The van der Waals surface area contributed by atoms with Gasteiger partial charge < -0.3 is 14.2 Å². The van der Waals surface area contributed by atoms with Crippen LogP contribution < -0.4 is 0 Å². The number of carbonyl (C=O) groups is 3. The Morgan fingerprint density at radius 3 is 1.00 bits per heavy atom. The lowest BCUT2D eigenvalue weighted by Crippen LogP contribution is -2.30. The van der Waals surface area contributed by atoms with E-state index in [0.29, 0.717) is 19.3 Å². The SMILES string of the molecule is CCCCCCCC(=O)OC[C@@H](COC(=O)CCCCCCCCCCCC(C)C)OC(=O)CCCCCCCCCCCCCCCCCCCCC(C)CC. The van der Waals surface area contributed by atoms with Crippen LogP contribution >= 0.6 is 0 Å². The fourth-order valence-corrected chi connectivity index (χ4v) is 7.60. The molecule has 0 fully saturated rings. The van der Waals surface area contributed by atoms with Crippen molar-refractivity contribution in [3.63, 3.8) is 0 Å². The lowest BCUT2D eigenvalue weighted by atomic mass is 9.99. The highest BCUT2D eigenvalue weighted by atomic mass is 16.6. The van der Waals surface area contributed by atoms with Crippen molar-refractivity contribution in [3.05, 3.63) is 0 Å². The maximum atomic E-state index is 12.7. The van der Waals surface area contributed by atoms with Crippen LogP contribution in [0.25, 0.3) is 0 Å². The van der Waals surface area contributed by atoms with Crippen LogP contribution in [0.2, 0.25) is 0 Å². The molecule has 6 nitrogen and oxygen atoms in total. The van der Waals surface area contributed by atoms with Crippen molar-refractivity contribution in [2.45, 2.75) is 285 Å². The molecule has 338 valence electrons. The highest BCUT2D eigenvalue weighted by Gasteiger charge is 2.19. The van der Waals surface area contributed by atoms with Gasteiger partial charge in [0.1, 0.15) is 13.2 Å². The summed E-state index contributed by atoms with van der Waals surface area (Å²) >= 11 is 0. The number of unbranched alkanes of at least 4 members (excludes halogenated alkanes) is 29. The van der Waals surface area contributed by atoms with E-state index in [2.05, 4.69) is 34.6 Å². The third kappa shape index (κ3) is 43.8. The minimum Gasteiger partial charge on any atom is -0.462 e. The zero-order valence-electron chi connectivity index (χ0n) is 39.0. The molecule has 0 saturated carbocycles. The molecule has 0 rings (SSSR count). The predicted molar refractivity (Wildman–Crippen MR) is 243 cm³/mol. The Kier molecular flexibility index (Phi) is 42.7. The van der Waals surface area contributed by atoms with Gasteiger partial charge in [0.25, 0.3) is 0 Å². The second-order valence-electron chi connectivity index (χ2n) is 18.2. The van der Waals surface area contributed by atoms with Crippen LogP contribution in [0.15, 0.2) is 0 Å². The maximum Gasteiger partial charge on any atom is 0.306 e. The van der Waals surface area contributed by atoms with E-state index in [0.717, 1.165) is 76.0 Å². The first-order chi connectivity index (χ1) is 27.8. The third-order valence-electron chi connectivity index (χ3n) is 11.8. The fraction of sp³-hybridized carbons (Fsp3) is 0.941. The Balaban J connectivity index is 4.06. The monoisotopic (exact) mass is 807 g/mol. The first kappa shape index (κ1) is 55.4. The minimum atomic E-state index is -0.759. The molecule has 0 aliphatic heterocycles. The molecule has 57 heavy (non-hydrogen) atoms. The van der Waals surface area contributed by atoms with E-state index in [-0.39, 0.29) is 31.1 Å². The summed E-state index contributed by atoms with van der Waals surface area (Å²) in [6.45, 7) is 11.3. The van der Waals surface area contributed by atoms with Gasteiger partial charge in [-0.25, -0.2) is 0 Å². The summed E-state index contributed by atoms with van der Waals surface area (Å²) in [5.41, 5.74) is 0. The Morgan fingerprint density at radius 2 is 0.667 bits per heavy atom. The minimum absolute atomic E-state index is 0.0655. The van der Waals surface area contributed by atoms with Crippen molar-refractivity contribution in [2.24, 2.45) is 11.8 Å². The Labute approximate surface area is 355 Å². The molecular formula is C51H98O6. The molecule has 6 heteroatoms. The van der Waals surface area contributed by atoms with Crippen LogP contribution in [0, 0.1) is 11.8 Å². The van der Waals surface area contributed by atoms with E-state index in [4.69, 9.17) is 14.2 Å². The summed E-state index contributed by atoms with van der Waals surface area (Å²) < 4.78 is 16.7. The Bertz CT molecular complexity index is 872. The third-order valence-corrected chi connectivity index (χ3v) is 11.8. The molecule has 0 saturated heterocycles. The molecule has 2 atom stereocenters. The van der Waals surface area contributed by atoms with Crippen LogP contribution in [0.3, 0.4) is 0 Å². The molecule has 0 aromatic heterocycles. The first-order valence-electron chi connectivity index (χ1n) is 25.3. The van der Waals surface area contributed by atoms with Gasteiger partial charge >= 0.3 is 17.9 Å². The van der Waals surface area contributed by atoms with E-state index in [1.54, 1.807) is 0 Å². The second-order valence-corrected chi connectivity index (χ2v) is 18.2. The second kappa shape index (κ2) is 44.0. The largest absolute Gasteiger partial charge is 0.462 e. The lowest BCUT2D eigenvalue weighted by molar-refractivity contribution is -0.167. The molecule has 0 aliphatic carbocycles. The highest BCUT2D eigenvalue weighted by molar-refractivity contribution is 5.71. The molecule has 0 spiro atoms. The van der Waals surface area contributed by atoms with Crippen molar-refractivity contribution < 1.29 is 28.6 Å². The van der Waals surface area contributed by atoms with Crippen molar-refractivity contribution in [3.8, 4) is 0 Å². The van der Waals surface area contributed by atoms with Crippen molar-refractivity contribution in [1.82, 2.24) is 0 Å². The lowest BCUT2D eigenvalue weighted by Gasteiger charge is -2.18. The van der Waals surface area contributed by atoms with Crippen molar-refractivity contribution in [2.75, 3.05) is 13.2 Å². The summed E-state index contributed by atoms with van der Waals surface area (Å²) in [5, 5.41) is 0. The number of esters is 3. The van der Waals surface area contributed by atoms with Crippen molar-refractivity contribution in [1.29, 1.82) is 0 Å². The van der Waals surface area contributed by atoms with Gasteiger partial charge in [0.05, 0.1) is 0 Å². The van der Waals surface area contributed by atoms with Gasteiger partial charge in [0.15, 0.2) is 6.10 Å². The van der Waals surface area contributed by atoms with E-state index in [1.807, 2.05) is 0 Å².